The highest BCUT2D eigenvalue weighted by atomic mass is 127. The van der Waals surface area contributed by atoms with E-state index in [2.05, 4.69) is 34.4 Å². The highest BCUT2D eigenvalue weighted by Gasteiger charge is 2.20. The molecule has 1 aliphatic heterocycles. The molecular formula is C16H35IN4O. The van der Waals surface area contributed by atoms with E-state index in [1.807, 2.05) is 14.0 Å². The van der Waals surface area contributed by atoms with Crippen molar-refractivity contribution in [2.24, 2.45) is 16.8 Å². The van der Waals surface area contributed by atoms with Gasteiger partial charge in [-0.15, -0.1) is 24.0 Å². The smallest absolute Gasteiger partial charge is 0.191 e. The predicted octanol–water partition coefficient (Wildman–Crippen LogP) is 2.17. The Hall–Kier alpha value is -0.0800. The van der Waals surface area contributed by atoms with Crippen molar-refractivity contribution in [2.75, 3.05) is 53.0 Å². The van der Waals surface area contributed by atoms with E-state index < -0.39 is 0 Å². The van der Waals surface area contributed by atoms with Gasteiger partial charge < -0.3 is 20.3 Å². The van der Waals surface area contributed by atoms with Gasteiger partial charge in [-0.3, -0.25) is 4.99 Å². The number of guanidine groups is 1. The van der Waals surface area contributed by atoms with Gasteiger partial charge in [-0.05, 0) is 38.1 Å². The summed E-state index contributed by atoms with van der Waals surface area (Å²) < 4.78 is 5.30. The molecule has 1 fully saturated rings. The Bertz CT molecular complexity index is 292. The summed E-state index contributed by atoms with van der Waals surface area (Å²) >= 11 is 0. The van der Waals surface area contributed by atoms with Crippen LogP contribution in [0.25, 0.3) is 0 Å². The maximum absolute atomic E-state index is 5.30. The number of hydrogen-bond donors (Lipinski definition) is 2. The highest BCUT2D eigenvalue weighted by Crippen LogP contribution is 2.20. The predicted molar refractivity (Wildman–Crippen MR) is 105 cm³/mol. The largest absolute Gasteiger partial charge is 0.380 e. The fraction of sp³-hybridized carbons (Fsp3) is 0.938. The molecule has 1 aliphatic rings. The fourth-order valence-corrected chi connectivity index (χ4v) is 3.09. The Morgan fingerprint density at radius 1 is 1.18 bits per heavy atom. The normalized spacial score (nSPS) is 23.0. The van der Waals surface area contributed by atoms with Crippen molar-refractivity contribution in [3.8, 4) is 0 Å². The van der Waals surface area contributed by atoms with Crippen LogP contribution in [0.4, 0.5) is 0 Å². The zero-order chi connectivity index (χ0) is 15.5. The van der Waals surface area contributed by atoms with Gasteiger partial charge in [0.25, 0.3) is 0 Å². The third kappa shape index (κ3) is 9.84. The van der Waals surface area contributed by atoms with Crippen LogP contribution in [0, 0.1) is 11.8 Å². The third-order valence-electron chi connectivity index (χ3n) is 3.85. The van der Waals surface area contributed by atoms with Crippen LogP contribution in [-0.2, 0) is 4.74 Å². The van der Waals surface area contributed by atoms with Gasteiger partial charge in [0.2, 0.25) is 0 Å². The Kier molecular flexibility index (Phi) is 13.3. The van der Waals surface area contributed by atoms with Crippen molar-refractivity contribution in [1.29, 1.82) is 0 Å². The Morgan fingerprint density at radius 2 is 1.82 bits per heavy atom. The molecular weight excluding hydrogens is 391 g/mol. The van der Waals surface area contributed by atoms with E-state index in [-0.39, 0.29) is 24.0 Å². The van der Waals surface area contributed by atoms with Crippen LogP contribution in [0.15, 0.2) is 4.99 Å². The second-order valence-corrected chi connectivity index (χ2v) is 6.18. The van der Waals surface area contributed by atoms with Crippen LogP contribution in [0.3, 0.4) is 0 Å². The van der Waals surface area contributed by atoms with E-state index in [0.717, 1.165) is 50.5 Å². The van der Waals surface area contributed by atoms with E-state index in [1.165, 1.54) is 26.1 Å². The van der Waals surface area contributed by atoms with Crippen molar-refractivity contribution in [2.45, 2.75) is 33.6 Å². The highest BCUT2D eigenvalue weighted by molar-refractivity contribution is 14.0. The summed E-state index contributed by atoms with van der Waals surface area (Å²) in [6.45, 7) is 13.7. The monoisotopic (exact) mass is 426 g/mol. The molecule has 0 aromatic heterocycles. The molecule has 1 saturated heterocycles. The molecule has 0 radical (unpaired) electrons. The van der Waals surface area contributed by atoms with Gasteiger partial charge in [0.15, 0.2) is 5.96 Å². The number of likely N-dealkylation sites (tertiary alicyclic amines) is 1. The lowest BCUT2D eigenvalue weighted by Crippen LogP contribution is -2.42. The van der Waals surface area contributed by atoms with Crippen LogP contribution >= 0.6 is 24.0 Å². The summed E-state index contributed by atoms with van der Waals surface area (Å²) in [6.07, 6.45) is 2.54. The lowest BCUT2D eigenvalue weighted by atomic mass is 9.92. The van der Waals surface area contributed by atoms with Gasteiger partial charge in [-0.25, -0.2) is 0 Å². The average Bonchev–Trinajstić information content (AvgIpc) is 2.44. The fourth-order valence-electron chi connectivity index (χ4n) is 3.09. The molecule has 5 nitrogen and oxygen atoms in total. The molecule has 2 unspecified atom stereocenters. The van der Waals surface area contributed by atoms with Crippen LogP contribution in [0.1, 0.15) is 33.6 Å². The average molecular weight is 426 g/mol. The van der Waals surface area contributed by atoms with E-state index in [1.54, 1.807) is 0 Å². The molecule has 0 bridgehead atoms. The minimum absolute atomic E-state index is 0. The standard InChI is InChI=1S/C16H34N4O.HI/c1-5-21-10-8-19-16(17-4)18-7-6-9-20-12-14(2)11-15(3)13-20;/h14-15H,5-13H2,1-4H3,(H2,17,18,19);1H. The molecule has 0 aromatic carbocycles. The summed E-state index contributed by atoms with van der Waals surface area (Å²) in [6, 6.07) is 0. The lowest BCUT2D eigenvalue weighted by molar-refractivity contribution is 0.140. The van der Waals surface area contributed by atoms with Crippen LogP contribution in [-0.4, -0.2) is 63.8 Å². The maximum atomic E-state index is 5.30. The zero-order valence-corrected chi connectivity index (χ0v) is 17.1. The molecule has 6 heteroatoms. The number of ether oxygens (including phenoxy) is 1. The van der Waals surface area contributed by atoms with Crippen molar-refractivity contribution in [3.05, 3.63) is 0 Å². The summed E-state index contributed by atoms with van der Waals surface area (Å²) in [7, 11) is 1.81. The zero-order valence-electron chi connectivity index (χ0n) is 14.7. The van der Waals surface area contributed by atoms with Gasteiger partial charge in [0.1, 0.15) is 0 Å². The van der Waals surface area contributed by atoms with Gasteiger partial charge in [0.05, 0.1) is 6.61 Å². The van der Waals surface area contributed by atoms with Gasteiger partial charge in [-0.2, -0.15) is 0 Å². The molecule has 0 amide bonds. The van der Waals surface area contributed by atoms with Crippen LogP contribution in [0.5, 0.6) is 0 Å². The number of rotatable bonds is 8. The molecule has 2 N–H and O–H groups in total. The van der Waals surface area contributed by atoms with Crippen LogP contribution in [0.2, 0.25) is 0 Å². The molecule has 132 valence electrons. The minimum Gasteiger partial charge on any atom is -0.380 e. The number of halogens is 1. The molecule has 0 saturated carbocycles. The number of nitrogens with zero attached hydrogens (tertiary/aromatic N) is 2. The first-order valence-electron chi connectivity index (χ1n) is 8.40. The number of hydrogen-bond acceptors (Lipinski definition) is 3. The third-order valence-corrected chi connectivity index (χ3v) is 3.85. The number of nitrogens with one attached hydrogen (secondary N) is 2. The summed E-state index contributed by atoms with van der Waals surface area (Å²) in [4.78, 5) is 6.82. The summed E-state index contributed by atoms with van der Waals surface area (Å²) in [5.41, 5.74) is 0. The molecule has 2 atom stereocenters. The minimum atomic E-state index is 0. The van der Waals surface area contributed by atoms with Gasteiger partial charge in [-0.1, -0.05) is 13.8 Å². The molecule has 1 heterocycles. The quantitative estimate of drug-likeness (QED) is 0.270. The first-order valence-corrected chi connectivity index (χ1v) is 8.40. The maximum Gasteiger partial charge on any atom is 0.191 e. The van der Waals surface area contributed by atoms with Gasteiger partial charge >= 0.3 is 0 Å². The van der Waals surface area contributed by atoms with Crippen molar-refractivity contribution >= 4 is 29.9 Å². The SMILES string of the molecule is CCOCCNC(=NC)NCCCN1CC(C)CC(C)C1.I. The number of piperidine rings is 1. The molecule has 0 aromatic rings. The van der Waals surface area contributed by atoms with Crippen molar-refractivity contribution in [1.82, 2.24) is 15.5 Å². The van der Waals surface area contributed by atoms with Crippen LogP contribution < -0.4 is 10.6 Å². The molecule has 0 spiro atoms. The van der Waals surface area contributed by atoms with E-state index in [9.17, 15) is 0 Å². The van der Waals surface area contributed by atoms with E-state index >= 15 is 0 Å². The lowest BCUT2D eigenvalue weighted by Gasteiger charge is -2.35. The first-order chi connectivity index (χ1) is 10.2. The molecule has 22 heavy (non-hydrogen) atoms. The molecule has 0 aliphatic carbocycles. The van der Waals surface area contributed by atoms with Crippen molar-refractivity contribution in [3.63, 3.8) is 0 Å². The second kappa shape index (κ2) is 13.4. The van der Waals surface area contributed by atoms with Crippen molar-refractivity contribution < 1.29 is 4.74 Å². The van der Waals surface area contributed by atoms with Gasteiger partial charge in [0, 0.05) is 39.8 Å². The summed E-state index contributed by atoms with van der Waals surface area (Å²) in [5.74, 6) is 2.56. The summed E-state index contributed by atoms with van der Waals surface area (Å²) in [5, 5.41) is 6.62. The first kappa shape index (κ1) is 21.9. The Balaban J connectivity index is 0.00000441. The molecule has 1 rings (SSSR count). The van der Waals surface area contributed by atoms with E-state index in [4.69, 9.17) is 4.74 Å². The number of aliphatic imine (C=N–C) groups is 1. The van der Waals surface area contributed by atoms with E-state index in [0.29, 0.717) is 0 Å². The topological polar surface area (TPSA) is 48.9 Å². The Morgan fingerprint density at radius 3 is 2.41 bits per heavy atom. The second-order valence-electron chi connectivity index (χ2n) is 6.18. The Labute approximate surface area is 153 Å².